The van der Waals surface area contributed by atoms with E-state index < -0.39 is 28.7 Å². The minimum Gasteiger partial charge on any atom is -0.454 e. The summed E-state index contributed by atoms with van der Waals surface area (Å²) in [6, 6.07) is 10.3. The Bertz CT molecular complexity index is 1500. The number of benzene rings is 2. The molecule has 2 aliphatic carbocycles. The van der Waals surface area contributed by atoms with Gasteiger partial charge in [-0.3, -0.25) is 14.2 Å². The number of aromatic amines is 1. The van der Waals surface area contributed by atoms with Crippen molar-refractivity contribution >= 4 is 17.4 Å². The summed E-state index contributed by atoms with van der Waals surface area (Å²) in [5, 5.41) is 14.8. The van der Waals surface area contributed by atoms with Crippen LogP contribution in [0.4, 0.5) is 5.69 Å². The zero-order chi connectivity index (χ0) is 24.9. The highest BCUT2D eigenvalue weighted by atomic mass is 16.6. The molecule has 35 heavy (non-hydrogen) atoms. The largest absolute Gasteiger partial charge is 0.454 e. The Hall–Kier alpha value is -3.85. The van der Waals surface area contributed by atoms with Crippen LogP contribution in [0.25, 0.3) is 0 Å². The summed E-state index contributed by atoms with van der Waals surface area (Å²) < 4.78 is 7.45. The van der Waals surface area contributed by atoms with Crippen molar-refractivity contribution in [3.05, 3.63) is 80.5 Å². The van der Waals surface area contributed by atoms with Gasteiger partial charge in [-0.05, 0) is 49.3 Å². The van der Waals surface area contributed by atoms with E-state index in [4.69, 9.17) is 10.5 Å². The minimum atomic E-state index is -2.21. The maximum absolute atomic E-state index is 14.0. The fourth-order valence-electron chi connectivity index (χ4n) is 5.59. The van der Waals surface area contributed by atoms with Crippen molar-refractivity contribution in [2.24, 2.45) is 13.0 Å². The van der Waals surface area contributed by atoms with Crippen molar-refractivity contribution in [1.29, 1.82) is 0 Å². The number of imidazole rings is 1. The second-order valence-corrected chi connectivity index (χ2v) is 9.88. The fourth-order valence-corrected chi connectivity index (χ4v) is 5.59. The maximum atomic E-state index is 14.0. The van der Waals surface area contributed by atoms with Crippen LogP contribution in [0.5, 0.6) is 5.75 Å². The molecule has 1 aromatic heterocycles. The van der Waals surface area contributed by atoms with E-state index in [1.807, 2.05) is 12.1 Å². The molecule has 5 N–H and O–H groups in total. The first kappa shape index (κ1) is 21.7. The molecule has 180 valence electrons. The first-order valence-corrected chi connectivity index (χ1v) is 11.7. The van der Waals surface area contributed by atoms with Crippen LogP contribution in [0, 0.1) is 12.8 Å². The van der Waals surface area contributed by atoms with Gasteiger partial charge in [0.15, 0.2) is 0 Å². The van der Waals surface area contributed by atoms with Crippen LogP contribution in [-0.4, -0.2) is 26.3 Å². The number of hydrogen-bond acceptors (Lipinski definition) is 6. The lowest BCUT2D eigenvalue weighted by Crippen LogP contribution is -2.60. The number of anilines is 1. The van der Waals surface area contributed by atoms with Gasteiger partial charge in [-0.2, -0.15) is 0 Å². The molecule has 0 radical (unpaired) electrons. The van der Waals surface area contributed by atoms with Crippen molar-refractivity contribution in [3.63, 3.8) is 0 Å². The molecule has 0 saturated heterocycles. The first-order valence-electron chi connectivity index (χ1n) is 11.7. The molecule has 0 spiro atoms. The third-order valence-corrected chi connectivity index (χ3v) is 7.99. The molecule has 2 heterocycles. The number of ketones is 1. The van der Waals surface area contributed by atoms with Crippen molar-refractivity contribution in [1.82, 2.24) is 14.9 Å². The molecule has 3 aromatic rings. The highest BCUT2D eigenvalue weighted by molar-refractivity contribution is 6.16. The van der Waals surface area contributed by atoms with Crippen molar-refractivity contribution in [3.8, 4) is 5.75 Å². The van der Waals surface area contributed by atoms with Gasteiger partial charge in [0, 0.05) is 29.6 Å². The molecule has 0 bridgehead atoms. The Morgan fingerprint density at radius 1 is 1.26 bits per heavy atom. The van der Waals surface area contributed by atoms with Gasteiger partial charge in [-0.25, -0.2) is 4.79 Å². The number of H-pyrrole nitrogens is 1. The summed E-state index contributed by atoms with van der Waals surface area (Å²) >= 11 is 0. The molecule has 1 amide bonds. The summed E-state index contributed by atoms with van der Waals surface area (Å²) in [4.78, 5) is 42.2. The number of nitrogens with one attached hydrogen (secondary N) is 2. The van der Waals surface area contributed by atoms with E-state index in [0.717, 1.165) is 5.56 Å². The number of nitrogens with zero attached hydrogens (tertiary/aromatic N) is 1. The molecular formula is C26H26N4O5. The monoisotopic (exact) mass is 474 g/mol. The van der Waals surface area contributed by atoms with Gasteiger partial charge in [0.25, 0.3) is 11.7 Å². The highest BCUT2D eigenvalue weighted by Gasteiger charge is 2.72. The third kappa shape index (κ3) is 2.64. The lowest BCUT2D eigenvalue weighted by molar-refractivity contribution is -0.169. The van der Waals surface area contributed by atoms with Crippen LogP contribution in [0.2, 0.25) is 0 Å². The molecule has 6 rings (SSSR count). The Morgan fingerprint density at radius 2 is 2.00 bits per heavy atom. The number of aliphatic hydroxyl groups is 1. The number of nitrogens with two attached hydrogens (primary N) is 1. The Balaban J connectivity index is 1.54. The van der Waals surface area contributed by atoms with E-state index in [1.165, 1.54) is 24.5 Å². The van der Waals surface area contributed by atoms with E-state index in [0.29, 0.717) is 28.8 Å². The molecule has 3 atom stereocenters. The quantitative estimate of drug-likeness (QED) is 0.428. The minimum absolute atomic E-state index is 0.00150. The molecule has 2 aromatic carbocycles. The molecule has 9 nitrogen and oxygen atoms in total. The van der Waals surface area contributed by atoms with E-state index in [1.54, 1.807) is 31.2 Å². The molecule has 1 aliphatic heterocycles. The van der Waals surface area contributed by atoms with Gasteiger partial charge in [0.05, 0.1) is 5.56 Å². The first-order chi connectivity index (χ1) is 16.6. The zero-order valence-electron chi connectivity index (χ0n) is 19.6. The van der Waals surface area contributed by atoms with Crippen LogP contribution in [0.15, 0.2) is 41.2 Å². The molecule has 1 saturated carbocycles. The van der Waals surface area contributed by atoms with Crippen LogP contribution in [0.3, 0.4) is 0 Å². The predicted octanol–water partition coefficient (Wildman–Crippen LogP) is 2.18. The van der Waals surface area contributed by atoms with Crippen molar-refractivity contribution in [2.75, 3.05) is 5.73 Å². The predicted molar refractivity (Wildman–Crippen MR) is 127 cm³/mol. The van der Waals surface area contributed by atoms with Crippen LogP contribution < -0.4 is 21.5 Å². The second kappa shape index (κ2) is 6.85. The summed E-state index contributed by atoms with van der Waals surface area (Å²) in [6.45, 7) is 3.77. The van der Waals surface area contributed by atoms with E-state index >= 15 is 0 Å². The average Bonchev–Trinajstić information content (AvgIpc) is 3.57. The number of aromatic nitrogens is 2. The van der Waals surface area contributed by atoms with Gasteiger partial charge >= 0.3 is 5.69 Å². The Labute approximate surface area is 200 Å². The normalized spacial score (nSPS) is 25.0. The average molecular weight is 475 g/mol. The SMILES string of the molecule is Cc1c(C(=O)NC23C(=O)c4c(N)cccc4[C@@]2(O)Oc2cc([C@@H](C)C4CC4)ccc23)[nH]c(=O)n1C. The number of fused-ring (bicyclic) bond motifs is 5. The summed E-state index contributed by atoms with van der Waals surface area (Å²) in [6.07, 6.45) is 2.34. The number of hydrogen-bond donors (Lipinski definition) is 4. The molecule has 3 aliphatic rings. The number of carbonyl (C=O) groups is 2. The number of ether oxygens (including phenoxy) is 1. The van der Waals surface area contributed by atoms with Gasteiger partial charge in [0.2, 0.25) is 11.3 Å². The standard InChI is InChI=1S/C26H26N4O5/c1-12(14-7-8-14)15-9-10-16-19(11-15)35-26(34)17-5-4-6-18(27)20(17)22(31)25(16,26)29-23(32)21-13(2)30(3)24(33)28-21/h4-6,9-12,14,34H,7-8,27H2,1-3H3,(H,28,33)(H,29,32)/t12-,25?,26+/m0/s1. The third-order valence-electron chi connectivity index (χ3n) is 7.99. The number of rotatable bonds is 4. The number of Topliss-reactive ketones (excluding diaryl/α,β-unsaturated/α-hetero) is 1. The van der Waals surface area contributed by atoms with Crippen molar-refractivity contribution in [2.45, 2.75) is 43.9 Å². The van der Waals surface area contributed by atoms with Crippen LogP contribution >= 0.6 is 0 Å². The molecule has 1 unspecified atom stereocenters. The number of carbonyl (C=O) groups excluding carboxylic acids is 2. The molecular weight excluding hydrogens is 448 g/mol. The van der Waals surface area contributed by atoms with Gasteiger partial charge < -0.3 is 25.9 Å². The van der Waals surface area contributed by atoms with Gasteiger partial charge in [-0.1, -0.05) is 31.2 Å². The van der Waals surface area contributed by atoms with E-state index in [9.17, 15) is 19.5 Å². The lowest BCUT2D eigenvalue weighted by Gasteiger charge is -2.34. The van der Waals surface area contributed by atoms with E-state index in [-0.39, 0.29) is 22.5 Å². The fraction of sp³-hybridized carbons (Fsp3) is 0.346. The summed E-state index contributed by atoms with van der Waals surface area (Å²) in [5.41, 5.74) is 5.95. The second-order valence-electron chi connectivity index (χ2n) is 9.88. The van der Waals surface area contributed by atoms with Crippen LogP contribution in [0.1, 0.15) is 68.9 Å². The highest BCUT2D eigenvalue weighted by Crippen LogP contribution is 2.59. The van der Waals surface area contributed by atoms with Crippen molar-refractivity contribution < 1.29 is 19.4 Å². The van der Waals surface area contributed by atoms with Gasteiger partial charge in [-0.15, -0.1) is 0 Å². The van der Waals surface area contributed by atoms with E-state index in [2.05, 4.69) is 17.2 Å². The number of amides is 1. The van der Waals surface area contributed by atoms with Gasteiger partial charge in [0.1, 0.15) is 11.4 Å². The maximum Gasteiger partial charge on any atom is 0.326 e. The lowest BCUT2D eigenvalue weighted by atomic mass is 9.81. The smallest absolute Gasteiger partial charge is 0.326 e. The molecule has 9 heteroatoms. The molecule has 1 fully saturated rings. The summed E-state index contributed by atoms with van der Waals surface area (Å²) in [5.74, 6) is -2.26. The number of nitrogen functional groups attached to an aromatic ring is 1. The summed E-state index contributed by atoms with van der Waals surface area (Å²) in [7, 11) is 1.54. The van der Waals surface area contributed by atoms with Crippen LogP contribution in [-0.2, 0) is 18.4 Å². The Morgan fingerprint density at radius 3 is 2.66 bits per heavy atom. The Kier molecular flexibility index (Phi) is 4.24. The zero-order valence-corrected chi connectivity index (χ0v) is 19.6. The topological polar surface area (TPSA) is 139 Å².